The van der Waals surface area contributed by atoms with Crippen LogP contribution < -0.4 is 5.73 Å². The molecule has 0 atom stereocenters. The molecule has 0 aromatic heterocycles. The maximum absolute atomic E-state index is 5.81. The van der Waals surface area contributed by atoms with Gasteiger partial charge in [-0.3, -0.25) is 0 Å². The van der Waals surface area contributed by atoms with Gasteiger partial charge >= 0.3 is 0 Å². The van der Waals surface area contributed by atoms with Crippen molar-refractivity contribution in [3.63, 3.8) is 0 Å². The highest BCUT2D eigenvalue weighted by Crippen LogP contribution is 2.22. The highest BCUT2D eigenvalue weighted by molar-refractivity contribution is 6.17. The van der Waals surface area contributed by atoms with E-state index < -0.39 is 0 Å². The molecule has 0 heterocycles. The maximum Gasteiger partial charge on any atom is 0.0474 e. The smallest absolute Gasteiger partial charge is 0.0474 e. The van der Waals surface area contributed by atoms with E-state index >= 15 is 0 Å². The van der Waals surface area contributed by atoms with Gasteiger partial charge in [-0.05, 0) is 23.1 Å². The Kier molecular flexibility index (Phi) is 2.11. The molecular formula is C11H10ClN. The molecule has 0 aliphatic carbocycles. The third-order valence-electron chi connectivity index (χ3n) is 2.13. The molecular weight excluding hydrogens is 182 g/mol. The summed E-state index contributed by atoms with van der Waals surface area (Å²) in [4.78, 5) is 0. The number of rotatable bonds is 1. The summed E-state index contributed by atoms with van der Waals surface area (Å²) in [6, 6.07) is 12.0. The van der Waals surface area contributed by atoms with E-state index in [9.17, 15) is 0 Å². The molecule has 1 nitrogen and oxygen atoms in total. The zero-order valence-corrected chi connectivity index (χ0v) is 7.88. The van der Waals surface area contributed by atoms with Gasteiger partial charge in [-0.2, -0.15) is 0 Å². The molecule has 2 heteroatoms. The highest BCUT2D eigenvalue weighted by Gasteiger charge is 1.97. The van der Waals surface area contributed by atoms with Gasteiger partial charge in [-0.15, -0.1) is 11.6 Å². The zero-order valence-electron chi connectivity index (χ0n) is 7.13. The van der Waals surface area contributed by atoms with Crippen LogP contribution in [0.5, 0.6) is 0 Å². The van der Waals surface area contributed by atoms with E-state index in [2.05, 4.69) is 6.07 Å². The Balaban J connectivity index is 2.72. The fourth-order valence-electron chi connectivity index (χ4n) is 1.44. The number of hydrogen-bond donors (Lipinski definition) is 1. The predicted molar refractivity (Wildman–Crippen MR) is 57.9 cm³/mol. The minimum absolute atomic E-state index is 0.546. The Morgan fingerprint density at radius 2 is 2.00 bits per heavy atom. The summed E-state index contributed by atoms with van der Waals surface area (Å²) in [6.45, 7) is 0. The lowest BCUT2D eigenvalue weighted by Crippen LogP contribution is -1.86. The first-order valence-electron chi connectivity index (χ1n) is 4.14. The Labute approximate surface area is 82.1 Å². The van der Waals surface area contributed by atoms with Crippen molar-refractivity contribution in [3.8, 4) is 0 Å². The summed E-state index contributed by atoms with van der Waals surface area (Å²) < 4.78 is 0. The van der Waals surface area contributed by atoms with Crippen LogP contribution in [0.1, 0.15) is 5.56 Å². The van der Waals surface area contributed by atoms with Gasteiger partial charge < -0.3 is 5.73 Å². The third-order valence-corrected chi connectivity index (χ3v) is 2.44. The van der Waals surface area contributed by atoms with Crippen molar-refractivity contribution in [3.05, 3.63) is 42.0 Å². The van der Waals surface area contributed by atoms with Gasteiger partial charge in [-0.1, -0.05) is 24.3 Å². The molecule has 2 aromatic carbocycles. The largest absolute Gasteiger partial charge is 0.398 e. The molecule has 2 N–H and O–H groups in total. The first-order valence-corrected chi connectivity index (χ1v) is 4.68. The molecule has 0 radical (unpaired) electrons. The van der Waals surface area contributed by atoms with E-state index in [1.807, 2.05) is 30.3 Å². The number of alkyl halides is 1. The van der Waals surface area contributed by atoms with Gasteiger partial charge in [0.1, 0.15) is 0 Å². The Morgan fingerprint density at radius 1 is 1.15 bits per heavy atom. The molecule has 2 rings (SSSR count). The third kappa shape index (κ3) is 1.47. The molecule has 0 saturated heterocycles. The molecule has 0 aliphatic rings. The number of nitrogen functional groups attached to an aromatic ring is 1. The second kappa shape index (κ2) is 3.27. The van der Waals surface area contributed by atoms with E-state index in [1.54, 1.807) is 0 Å². The summed E-state index contributed by atoms with van der Waals surface area (Å²) in [7, 11) is 0. The molecule has 0 unspecified atom stereocenters. The van der Waals surface area contributed by atoms with Crippen LogP contribution in [-0.2, 0) is 5.88 Å². The molecule has 0 spiro atoms. The Bertz CT molecular complexity index is 437. The summed E-state index contributed by atoms with van der Waals surface area (Å²) in [5.74, 6) is 0.546. The highest BCUT2D eigenvalue weighted by atomic mass is 35.5. The number of fused-ring (bicyclic) bond motifs is 1. The summed E-state index contributed by atoms with van der Waals surface area (Å²) in [5, 5.41) is 2.24. The quantitative estimate of drug-likeness (QED) is 0.544. The van der Waals surface area contributed by atoms with Crippen LogP contribution in [0.15, 0.2) is 36.4 Å². The normalized spacial score (nSPS) is 10.5. The average molecular weight is 192 g/mol. The molecule has 13 heavy (non-hydrogen) atoms. The van der Waals surface area contributed by atoms with E-state index in [1.165, 1.54) is 0 Å². The summed E-state index contributed by atoms with van der Waals surface area (Å²) in [6.07, 6.45) is 0. The van der Waals surface area contributed by atoms with E-state index in [4.69, 9.17) is 17.3 Å². The lowest BCUT2D eigenvalue weighted by molar-refractivity contribution is 1.43. The van der Waals surface area contributed by atoms with Crippen LogP contribution >= 0.6 is 11.6 Å². The summed E-state index contributed by atoms with van der Waals surface area (Å²) in [5.41, 5.74) is 7.76. The second-order valence-corrected chi connectivity index (χ2v) is 3.30. The van der Waals surface area contributed by atoms with Crippen LogP contribution in [0.2, 0.25) is 0 Å². The molecule has 0 bridgehead atoms. The van der Waals surface area contributed by atoms with Crippen LogP contribution in [0, 0.1) is 0 Å². The fraction of sp³-hybridized carbons (Fsp3) is 0.0909. The number of hydrogen-bond acceptors (Lipinski definition) is 1. The van der Waals surface area contributed by atoms with Gasteiger partial charge in [0.25, 0.3) is 0 Å². The number of anilines is 1. The molecule has 0 aliphatic heterocycles. The van der Waals surface area contributed by atoms with Crippen molar-refractivity contribution < 1.29 is 0 Å². The number of nitrogens with two attached hydrogens (primary N) is 1. The second-order valence-electron chi connectivity index (χ2n) is 3.04. The SMILES string of the molecule is Nc1cccc2cc(CCl)ccc12. The number of halogens is 1. The molecule has 2 aromatic rings. The standard InChI is InChI=1S/C11H10ClN/c12-7-8-4-5-10-9(6-8)2-1-3-11(10)13/h1-6H,7,13H2. The first kappa shape index (κ1) is 8.39. The molecule has 0 fully saturated rings. The Morgan fingerprint density at radius 3 is 2.77 bits per heavy atom. The van der Waals surface area contributed by atoms with Crippen molar-refractivity contribution >= 4 is 28.1 Å². The fourth-order valence-corrected chi connectivity index (χ4v) is 1.61. The zero-order chi connectivity index (χ0) is 9.26. The van der Waals surface area contributed by atoms with Crippen LogP contribution in [-0.4, -0.2) is 0 Å². The average Bonchev–Trinajstić information content (AvgIpc) is 2.18. The lowest BCUT2D eigenvalue weighted by Gasteiger charge is -2.02. The Hall–Kier alpha value is -1.21. The van der Waals surface area contributed by atoms with Crippen molar-refractivity contribution in [1.82, 2.24) is 0 Å². The van der Waals surface area contributed by atoms with E-state index in [-0.39, 0.29) is 0 Å². The van der Waals surface area contributed by atoms with Gasteiger partial charge in [0, 0.05) is 17.0 Å². The van der Waals surface area contributed by atoms with Gasteiger partial charge in [-0.25, -0.2) is 0 Å². The van der Waals surface area contributed by atoms with Crippen molar-refractivity contribution in [2.75, 3.05) is 5.73 Å². The minimum atomic E-state index is 0.546. The van der Waals surface area contributed by atoms with Crippen molar-refractivity contribution in [1.29, 1.82) is 0 Å². The van der Waals surface area contributed by atoms with Gasteiger partial charge in [0.2, 0.25) is 0 Å². The summed E-state index contributed by atoms with van der Waals surface area (Å²) >= 11 is 5.74. The maximum atomic E-state index is 5.81. The number of benzene rings is 2. The monoisotopic (exact) mass is 191 g/mol. The van der Waals surface area contributed by atoms with Crippen LogP contribution in [0.4, 0.5) is 5.69 Å². The van der Waals surface area contributed by atoms with E-state index in [0.29, 0.717) is 5.88 Å². The molecule has 66 valence electrons. The topological polar surface area (TPSA) is 26.0 Å². The van der Waals surface area contributed by atoms with Crippen LogP contribution in [0.3, 0.4) is 0 Å². The van der Waals surface area contributed by atoms with Crippen molar-refractivity contribution in [2.45, 2.75) is 5.88 Å². The molecule has 0 saturated carbocycles. The lowest BCUT2D eigenvalue weighted by atomic mass is 10.1. The molecule has 0 amide bonds. The van der Waals surface area contributed by atoms with Gasteiger partial charge in [0.15, 0.2) is 0 Å². The van der Waals surface area contributed by atoms with Crippen molar-refractivity contribution in [2.24, 2.45) is 0 Å². The minimum Gasteiger partial charge on any atom is -0.398 e. The van der Waals surface area contributed by atoms with Gasteiger partial charge in [0.05, 0.1) is 0 Å². The first-order chi connectivity index (χ1) is 6.31. The van der Waals surface area contributed by atoms with E-state index in [0.717, 1.165) is 22.0 Å². The predicted octanol–water partition coefficient (Wildman–Crippen LogP) is 3.16. The van der Waals surface area contributed by atoms with Crippen LogP contribution in [0.25, 0.3) is 10.8 Å².